The summed E-state index contributed by atoms with van der Waals surface area (Å²) in [5.41, 5.74) is 0. The molecule has 1 unspecified atom stereocenters. The number of hydrogen-bond acceptors (Lipinski definition) is 5. The molecular formula is C13H20N4O2S. The number of likely N-dealkylation sites (tertiary alicyclic amines) is 1. The lowest BCUT2D eigenvalue weighted by atomic mass is 10.1. The van der Waals surface area contributed by atoms with Gasteiger partial charge in [0.1, 0.15) is 5.01 Å². The first-order chi connectivity index (χ1) is 9.45. The summed E-state index contributed by atoms with van der Waals surface area (Å²) in [6.07, 6.45) is 1.26. The van der Waals surface area contributed by atoms with Crippen LogP contribution in [0, 0.1) is 18.8 Å². The highest BCUT2D eigenvalue weighted by molar-refractivity contribution is 7.15. The summed E-state index contributed by atoms with van der Waals surface area (Å²) in [6.45, 7) is 7.33. The predicted molar refractivity (Wildman–Crippen MR) is 77.4 cm³/mol. The van der Waals surface area contributed by atoms with Crippen molar-refractivity contribution in [2.75, 3.05) is 18.4 Å². The number of aromatic nitrogens is 2. The van der Waals surface area contributed by atoms with Gasteiger partial charge in [0, 0.05) is 19.5 Å². The molecule has 0 saturated carbocycles. The molecule has 0 radical (unpaired) electrons. The van der Waals surface area contributed by atoms with E-state index in [4.69, 9.17) is 0 Å². The van der Waals surface area contributed by atoms with Crippen molar-refractivity contribution in [2.24, 2.45) is 11.8 Å². The fraction of sp³-hybridized carbons (Fsp3) is 0.692. The van der Waals surface area contributed by atoms with Gasteiger partial charge in [-0.2, -0.15) is 0 Å². The maximum Gasteiger partial charge on any atom is 0.231 e. The maximum absolute atomic E-state index is 12.1. The Hall–Kier alpha value is -1.50. The van der Waals surface area contributed by atoms with Crippen molar-refractivity contribution >= 4 is 28.3 Å². The second-order valence-electron chi connectivity index (χ2n) is 5.54. The number of nitrogens with one attached hydrogen (secondary N) is 1. The first kappa shape index (κ1) is 14.9. The molecule has 2 heterocycles. The zero-order valence-electron chi connectivity index (χ0n) is 12.0. The molecular weight excluding hydrogens is 276 g/mol. The molecule has 1 N–H and O–H groups in total. The van der Waals surface area contributed by atoms with E-state index in [0.29, 0.717) is 24.0 Å². The first-order valence-corrected chi connectivity index (χ1v) is 7.66. The smallest absolute Gasteiger partial charge is 0.231 e. The van der Waals surface area contributed by atoms with Gasteiger partial charge >= 0.3 is 0 Å². The highest BCUT2D eigenvalue weighted by atomic mass is 32.1. The lowest BCUT2D eigenvalue weighted by molar-refractivity contribution is -0.128. The van der Waals surface area contributed by atoms with Gasteiger partial charge in [0.25, 0.3) is 0 Å². The monoisotopic (exact) mass is 296 g/mol. The van der Waals surface area contributed by atoms with E-state index in [2.05, 4.69) is 29.4 Å². The molecule has 7 heteroatoms. The molecule has 1 aromatic rings. The fourth-order valence-corrected chi connectivity index (χ4v) is 2.73. The summed E-state index contributed by atoms with van der Waals surface area (Å²) in [6, 6.07) is 0. The van der Waals surface area contributed by atoms with Gasteiger partial charge in [0.05, 0.1) is 5.92 Å². The van der Waals surface area contributed by atoms with Crippen LogP contribution >= 0.6 is 11.3 Å². The third kappa shape index (κ3) is 3.75. The molecule has 0 bridgehead atoms. The molecule has 20 heavy (non-hydrogen) atoms. The quantitative estimate of drug-likeness (QED) is 0.897. The van der Waals surface area contributed by atoms with Gasteiger partial charge < -0.3 is 10.2 Å². The Balaban J connectivity index is 1.87. The van der Waals surface area contributed by atoms with Gasteiger partial charge in [0.2, 0.25) is 16.9 Å². The Morgan fingerprint density at radius 1 is 1.50 bits per heavy atom. The largest absolute Gasteiger partial charge is 0.342 e. The number of nitrogens with zero attached hydrogens (tertiary/aromatic N) is 3. The molecule has 1 aromatic heterocycles. The second kappa shape index (κ2) is 6.30. The number of amides is 2. The van der Waals surface area contributed by atoms with Crippen molar-refractivity contribution in [1.29, 1.82) is 0 Å². The molecule has 2 amide bonds. The summed E-state index contributed by atoms with van der Waals surface area (Å²) in [5, 5.41) is 11.8. The summed E-state index contributed by atoms with van der Waals surface area (Å²) in [5.74, 6) is 0.208. The molecule has 0 aliphatic carbocycles. The predicted octanol–water partition coefficient (Wildman–Crippen LogP) is 1.68. The Morgan fingerprint density at radius 2 is 2.25 bits per heavy atom. The lowest BCUT2D eigenvalue weighted by Crippen LogP contribution is -2.29. The standard InChI is InChI=1S/C13H20N4O2S/c1-8(2)4-5-17-7-10(6-11(17)18)12(19)14-13-16-15-9(3)20-13/h8,10H,4-7H2,1-3H3,(H,14,16,19). The normalized spacial score (nSPS) is 18.9. The maximum atomic E-state index is 12.1. The average molecular weight is 296 g/mol. The summed E-state index contributed by atoms with van der Waals surface area (Å²) in [7, 11) is 0. The van der Waals surface area contributed by atoms with Gasteiger partial charge in [-0.05, 0) is 19.3 Å². The third-order valence-electron chi connectivity index (χ3n) is 3.32. The topological polar surface area (TPSA) is 75.2 Å². The van der Waals surface area contributed by atoms with Gasteiger partial charge in [0.15, 0.2) is 0 Å². The van der Waals surface area contributed by atoms with Crippen molar-refractivity contribution in [3.8, 4) is 0 Å². The minimum atomic E-state index is -0.279. The number of carbonyl (C=O) groups excluding carboxylic acids is 2. The van der Waals surface area contributed by atoms with E-state index >= 15 is 0 Å². The van der Waals surface area contributed by atoms with Gasteiger partial charge in [-0.25, -0.2) is 0 Å². The summed E-state index contributed by atoms with van der Waals surface area (Å²) >= 11 is 1.34. The number of aryl methyl sites for hydroxylation is 1. The number of carbonyl (C=O) groups is 2. The van der Waals surface area contributed by atoms with Crippen molar-refractivity contribution in [1.82, 2.24) is 15.1 Å². The van der Waals surface area contributed by atoms with E-state index in [1.807, 2.05) is 6.92 Å². The molecule has 0 spiro atoms. The molecule has 1 aliphatic rings. The van der Waals surface area contributed by atoms with Crippen LogP contribution in [0.3, 0.4) is 0 Å². The Morgan fingerprint density at radius 3 is 2.85 bits per heavy atom. The van der Waals surface area contributed by atoms with Crippen molar-refractivity contribution < 1.29 is 9.59 Å². The van der Waals surface area contributed by atoms with Gasteiger partial charge in [-0.15, -0.1) is 10.2 Å². The highest BCUT2D eigenvalue weighted by Gasteiger charge is 2.34. The lowest BCUT2D eigenvalue weighted by Gasteiger charge is -2.17. The van der Waals surface area contributed by atoms with Crippen molar-refractivity contribution in [3.63, 3.8) is 0 Å². The Bertz CT molecular complexity index is 500. The van der Waals surface area contributed by atoms with E-state index in [1.165, 1.54) is 11.3 Å². The minimum Gasteiger partial charge on any atom is -0.342 e. The van der Waals surface area contributed by atoms with E-state index < -0.39 is 0 Å². The molecule has 2 rings (SSSR count). The van der Waals surface area contributed by atoms with Crippen LogP contribution in [0.5, 0.6) is 0 Å². The van der Waals surface area contributed by atoms with Crippen LogP contribution in [0.1, 0.15) is 31.7 Å². The fourth-order valence-electron chi connectivity index (χ4n) is 2.13. The summed E-state index contributed by atoms with van der Waals surface area (Å²) < 4.78 is 0. The van der Waals surface area contributed by atoms with Crippen LogP contribution in [0.4, 0.5) is 5.13 Å². The van der Waals surface area contributed by atoms with Gasteiger partial charge in [-0.1, -0.05) is 25.2 Å². The average Bonchev–Trinajstić information content (AvgIpc) is 2.93. The molecule has 0 aromatic carbocycles. The van der Waals surface area contributed by atoms with Crippen LogP contribution in [-0.2, 0) is 9.59 Å². The Labute approximate surface area is 122 Å². The minimum absolute atomic E-state index is 0.0687. The second-order valence-corrected chi connectivity index (χ2v) is 6.72. The molecule has 1 saturated heterocycles. The van der Waals surface area contributed by atoms with Crippen molar-refractivity contribution in [3.05, 3.63) is 5.01 Å². The van der Waals surface area contributed by atoms with E-state index in [-0.39, 0.29) is 17.7 Å². The van der Waals surface area contributed by atoms with Gasteiger partial charge in [-0.3, -0.25) is 9.59 Å². The molecule has 1 fully saturated rings. The van der Waals surface area contributed by atoms with E-state index in [9.17, 15) is 9.59 Å². The highest BCUT2D eigenvalue weighted by Crippen LogP contribution is 2.22. The zero-order valence-corrected chi connectivity index (χ0v) is 12.9. The number of hydrogen-bond donors (Lipinski definition) is 1. The zero-order chi connectivity index (χ0) is 14.7. The van der Waals surface area contributed by atoms with E-state index in [0.717, 1.165) is 18.0 Å². The molecule has 110 valence electrons. The van der Waals surface area contributed by atoms with Crippen LogP contribution in [0.25, 0.3) is 0 Å². The number of rotatable bonds is 5. The van der Waals surface area contributed by atoms with Crippen LogP contribution in [-0.4, -0.2) is 40.0 Å². The van der Waals surface area contributed by atoms with Crippen LogP contribution in [0.2, 0.25) is 0 Å². The molecule has 1 atom stereocenters. The molecule has 1 aliphatic heterocycles. The third-order valence-corrected chi connectivity index (χ3v) is 4.07. The SMILES string of the molecule is Cc1nnc(NC(=O)C2CC(=O)N(CCC(C)C)C2)s1. The summed E-state index contributed by atoms with van der Waals surface area (Å²) in [4.78, 5) is 25.8. The number of anilines is 1. The first-order valence-electron chi connectivity index (χ1n) is 6.84. The van der Waals surface area contributed by atoms with Crippen molar-refractivity contribution in [2.45, 2.75) is 33.6 Å². The van der Waals surface area contributed by atoms with E-state index in [1.54, 1.807) is 4.90 Å². The van der Waals surface area contributed by atoms with Crippen LogP contribution < -0.4 is 5.32 Å². The Kier molecular flexibility index (Phi) is 4.69. The van der Waals surface area contributed by atoms with Crippen LogP contribution in [0.15, 0.2) is 0 Å². The molecule has 6 nitrogen and oxygen atoms in total.